The van der Waals surface area contributed by atoms with Crippen molar-refractivity contribution in [2.24, 2.45) is 0 Å². The van der Waals surface area contributed by atoms with Crippen LogP contribution in [0.5, 0.6) is 0 Å². The van der Waals surface area contributed by atoms with Gasteiger partial charge in [0.1, 0.15) is 6.04 Å². The fourth-order valence-corrected chi connectivity index (χ4v) is 4.44. The molecule has 0 saturated carbocycles. The summed E-state index contributed by atoms with van der Waals surface area (Å²) in [5.74, 6) is -0.0783. The van der Waals surface area contributed by atoms with Crippen molar-refractivity contribution in [1.82, 2.24) is 4.90 Å². The van der Waals surface area contributed by atoms with Crippen LogP contribution in [0.4, 0.5) is 5.69 Å². The normalized spacial score (nSPS) is 17.2. The van der Waals surface area contributed by atoms with Gasteiger partial charge in [0.2, 0.25) is 15.9 Å². The predicted molar refractivity (Wildman–Crippen MR) is 97.6 cm³/mol. The molecule has 1 aliphatic heterocycles. The number of likely N-dealkylation sites (tertiary alicyclic amines) is 1. The summed E-state index contributed by atoms with van der Waals surface area (Å²) in [6.07, 6.45) is 5.88. The molecular formula is C18H28N2O3S. The Labute approximate surface area is 145 Å². The minimum absolute atomic E-state index is 0.0783. The lowest BCUT2D eigenvalue weighted by Gasteiger charge is -2.34. The molecule has 1 aromatic carbocycles. The van der Waals surface area contributed by atoms with Gasteiger partial charge in [-0.05, 0) is 38.3 Å². The van der Waals surface area contributed by atoms with Crippen LogP contribution in [0.15, 0.2) is 24.3 Å². The zero-order valence-electron chi connectivity index (χ0n) is 14.9. The maximum Gasteiger partial charge on any atom is 0.246 e. The van der Waals surface area contributed by atoms with Crippen molar-refractivity contribution in [3.05, 3.63) is 29.8 Å². The molecular weight excluding hydrogens is 324 g/mol. The summed E-state index contributed by atoms with van der Waals surface area (Å²) in [6, 6.07) is 6.61. The highest BCUT2D eigenvalue weighted by Crippen LogP contribution is 2.24. The Hall–Kier alpha value is -1.56. The summed E-state index contributed by atoms with van der Waals surface area (Å²) in [6.45, 7) is 5.27. The van der Waals surface area contributed by atoms with E-state index in [1.165, 1.54) is 10.6 Å². The van der Waals surface area contributed by atoms with Crippen LogP contribution in [-0.2, 0) is 14.8 Å². The highest BCUT2D eigenvalue weighted by Gasteiger charge is 2.34. The van der Waals surface area contributed by atoms with Crippen LogP contribution < -0.4 is 4.31 Å². The van der Waals surface area contributed by atoms with Gasteiger partial charge in [0.15, 0.2) is 0 Å². The summed E-state index contributed by atoms with van der Waals surface area (Å²) in [5.41, 5.74) is 1.61. The number of nitrogens with zero attached hydrogens (tertiary/aromatic N) is 2. The van der Waals surface area contributed by atoms with Crippen LogP contribution in [0, 0.1) is 6.92 Å². The molecule has 1 amide bonds. The number of anilines is 1. The van der Waals surface area contributed by atoms with Gasteiger partial charge >= 0.3 is 0 Å². The highest BCUT2D eigenvalue weighted by atomic mass is 32.2. The van der Waals surface area contributed by atoms with Gasteiger partial charge in [0.25, 0.3) is 0 Å². The molecule has 0 radical (unpaired) electrons. The lowest BCUT2D eigenvalue weighted by molar-refractivity contribution is -0.132. The van der Waals surface area contributed by atoms with Crippen LogP contribution in [0.2, 0.25) is 0 Å². The molecule has 1 atom stereocenters. The minimum Gasteiger partial charge on any atom is -0.341 e. The first-order chi connectivity index (χ1) is 11.3. The van der Waals surface area contributed by atoms with Crippen molar-refractivity contribution < 1.29 is 13.2 Å². The maximum atomic E-state index is 13.0. The van der Waals surface area contributed by atoms with E-state index in [2.05, 4.69) is 0 Å². The molecule has 1 saturated heterocycles. The monoisotopic (exact) mass is 352 g/mol. The van der Waals surface area contributed by atoms with Crippen molar-refractivity contribution in [2.45, 2.75) is 52.0 Å². The molecule has 0 spiro atoms. The van der Waals surface area contributed by atoms with Gasteiger partial charge in [-0.2, -0.15) is 0 Å². The third kappa shape index (κ3) is 4.50. The van der Waals surface area contributed by atoms with E-state index in [0.29, 0.717) is 12.1 Å². The minimum atomic E-state index is -3.55. The van der Waals surface area contributed by atoms with Crippen LogP contribution in [0.25, 0.3) is 0 Å². The summed E-state index contributed by atoms with van der Waals surface area (Å²) < 4.78 is 26.1. The third-order valence-corrected chi connectivity index (χ3v) is 5.70. The highest BCUT2D eigenvalue weighted by molar-refractivity contribution is 7.92. The molecule has 0 aliphatic carbocycles. The topological polar surface area (TPSA) is 57.7 Å². The Bertz CT molecular complexity index is 647. The van der Waals surface area contributed by atoms with Crippen molar-refractivity contribution in [1.29, 1.82) is 0 Å². The molecule has 6 heteroatoms. The first kappa shape index (κ1) is 18.8. The van der Waals surface area contributed by atoms with E-state index in [1.807, 2.05) is 30.9 Å². The Morgan fingerprint density at radius 3 is 2.12 bits per heavy atom. The standard InChI is InChI=1S/C18H28N2O3S/c1-4-17(18(21)19-13-7-5-6-8-14-19)20(24(3,22)23)16-11-9-15(2)10-12-16/h9-12,17H,4-8,13-14H2,1-3H3. The largest absolute Gasteiger partial charge is 0.341 e. The Kier molecular flexibility index (Phi) is 6.27. The third-order valence-electron chi connectivity index (χ3n) is 4.52. The van der Waals surface area contributed by atoms with Gasteiger partial charge < -0.3 is 4.90 Å². The van der Waals surface area contributed by atoms with Crippen molar-refractivity contribution in [3.8, 4) is 0 Å². The molecule has 134 valence electrons. The smallest absolute Gasteiger partial charge is 0.246 e. The molecule has 1 unspecified atom stereocenters. The fourth-order valence-electron chi connectivity index (χ4n) is 3.24. The van der Waals surface area contributed by atoms with Crippen LogP contribution in [0.1, 0.15) is 44.6 Å². The van der Waals surface area contributed by atoms with Gasteiger partial charge in [0, 0.05) is 13.1 Å². The summed E-state index contributed by atoms with van der Waals surface area (Å²) in [7, 11) is -3.55. The number of rotatable bonds is 5. The molecule has 0 N–H and O–H groups in total. The van der Waals surface area contributed by atoms with Gasteiger partial charge in [-0.15, -0.1) is 0 Å². The van der Waals surface area contributed by atoms with Crippen LogP contribution in [-0.4, -0.2) is 44.6 Å². The molecule has 0 bridgehead atoms. The Balaban J connectivity index is 2.34. The van der Waals surface area contributed by atoms with Gasteiger partial charge in [-0.25, -0.2) is 8.42 Å². The van der Waals surface area contributed by atoms with E-state index < -0.39 is 16.1 Å². The van der Waals surface area contributed by atoms with Crippen molar-refractivity contribution in [3.63, 3.8) is 0 Å². The second kappa shape index (κ2) is 8.01. The quantitative estimate of drug-likeness (QED) is 0.819. The molecule has 1 heterocycles. The fraction of sp³-hybridized carbons (Fsp3) is 0.611. The van der Waals surface area contributed by atoms with Gasteiger partial charge in [-0.1, -0.05) is 37.5 Å². The molecule has 2 rings (SSSR count). The maximum absolute atomic E-state index is 13.0. The number of sulfonamides is 1. The van der Waals surface area contributed by atoms with E-state index in [4.69, 9.17) is 0 Å². The van der Waals surface area contributed by atoms with E-state index in [9.17, 15) is 13.2 Å². The van der Waals surface area contributed by atoms with Crippen molar-refractivity contribution >= 4 is 21.6 Å². The first-order valence-corrected chi connectivity index (χ1v) is 10.5. The second-order valence-corrected chi connectivity index (χ2v) is 8.42. The van der Waals surface area contributed by atoms with Crippen LogP contribution in [0.3, 0.4) is 0 Å². The Morgan fingerprint density at radius 2 is 1.67 bits per heavy atom. The van der Waals surface area contributed by atoms with Gasteiger partial charge in [0.05, 0.1) is 11.9 Å². The zero-order chi connectivity index (χ0) is 17.7. The summed E-state index contributed by atoms with van der Waals surface area (Å²) >= 11 is 0. The molecule has 1 aromatic rings. The number of amides is 1. The number of benzene rings is 1. The van der Waals surface area contributed by atoms with Crippen molar-refractivity contribution in [2.75, 3.05) is 23.7 Å². The zero-order valence-corrected chi connectivity index (χ0v) is 15.7. The number of carbonyl (C=O) groups is 1. The van der Waals surface area contributed by atoms with E-state index in [0.717, 1.165) is 44.3 Å². The van der Waals surface area contributed by atoms with Gasteiger partial charge in [-0.3, -0.25) is 9.10 Å². The number of carbonyl (C=O) groups excluding carboxylic acids is 1. The summed E-state index contributed by atoms with van der Waals surface area (Å²) in [4.78, 5) is 14.9. The molecule has 5 nitrogen and oxygen atoms in total. The molecule has 0 aromatic heterocycles. The number of hydrogen-bond acceptors (Lipinski definition) is 3. The average molecular weight is 353 g/mol. The predicted octanol–water partition coefficient (Wildman–Crippen LogP) is 2.94. The average Bonchev–Trinajstić information content (AvgIpc) is 2.81. The Morgan fingerprint density at radius 1 is 1.12 bits per heavy atom. The van der Waals surface area contributed by atoms with Crippen LogP contribution >= 0.6 is 0 Å². The number of aryl methyl sites for hydroxylation is 1. The van der Waals surface area contributed by atoms with E-state index in [-0.39, 0.29) is 5.91 Å². The van der Waals surface area contributed by atoms with E-state index in [1.54, 1.807) is 12.1 Å². The lowest BCUT2D eigenvalue weighted by Crippen LogP contribution is -2.51. The lowest BCUT2D eigenvalue weighted by atomic mass is 10.1. The molecule has 1 aliphatic rings. The second-order valence-electron chi connectivity index (χ2n) is 6.56. The SMILES string of the molecule is CCC(C(=O)N1CCCCCC1)N(c1ccc(C)cc1)S(C)(=O)=O. The number of hydrogen-bond donors (Lipinski definition) is 0. The molecule has 24 heavy (non-hydrogen) atoms. The first-order valence-electron chi connectivity index (χ1n) is 8.69. The summed E-state index contributed by atoms with van der Waals surface area (Å²) in [5, 5.41) is 0. The molecule has 1 fully saturated rings. The van der Waals surface area contributed by atoms with E-state index >= 15 is 0 Å².